The van der Waals surface area contributed by atoms with Crippen LogP contribution >= 0.6 is 0 Å². The molecule has 0 aliphatic carbocycles. The molecule has 0 spiro atoms. The molecule has 1 aromatic heterocycles. The van der Waals surface area contributed by atoms with Crippen LogP contribution in [0, 0.1) is 13.8 Å². The fourth-order valence-electron chi connectivity index (χ4n) is 3.58. The minimum atomic E-state index is -2.99. The highest BCUT2D eigenvalue weighted by atomic mass is 32.2. The van der Waals surface area contributed by atoms with Gasteiger partial charge in [0.15, 0.2) is 16.4 Å². The van der Waals surface area contributed by atoms with Crippen LogP contribution in [0.5, 0.6) is 0 Å². The van der Waals surface area contributed by atoms with Crippen molar-refractivity contribution in [3.8, 4) is 5.69 Å². The Kier molecular flexibility index (Phi) is 5.67. The first kappa shape index (κ1) is 19.6. The van der Waals surface area contributed by atoms with E-state index < -0.39 is 9.84 Å². The lowest BCUT2D eigenvalue weighted by atomic mass is 10.2. The van der Waals surface area contributed by atoms with Gasteiger partial charge >= 0.3 is 0 Å². The minimum absolute atomic E-state index is 0.0554. The molecule has 0 saturated carbocycles. The van der Waals surface area contributed by atoms with Crippen LogP contribution in [-0.2, 0) is 21.2 Å². The number of amides is 1. The van der Waals surface area contributed by atoms with Crippen molar-refractivity contribution < 1.29 is 18.1 Å². The first-order valence-electron chi connectivity index (χ1n) is 9.17. The Morgan fingerprint density at radius 3 is 2.63 bits per heavy atom. The van der Waals surface area contributed by atoms with Crippen LogP contribution in [-0.4, -0.2) is 55.2 Å². The Hall–Kier alpha value is -2.19. The van der Waals surface area contributed by atoms with Gasteiger partial charge in [-0.05, 0) is 32.4 Å². The Balaban J connectivity index is 1.62. The van der Waals surface area contributed by atoms with E-state index in [-0.39, 0.29) is 23.5 Å². The highest BCUT2D eigenvalue weighted by molar-refractivity contribution is 7.91. The highest BCUT2D eigenvalue weighted by Crippen LogP contribution is 2.17. The van der Waals surface area contributed by atoms with E-state index in [1.807, 2.05) is 55.9 Å². The molecule has 1 fully saturated rings. The molecular formula is C19H27N4O3S+. The summed E-state index contributed by atoms with van der Waals surface area (Å²) in [5.41, 5.74) is 4.17. The standard InChI is InChI=1S/C19H26N4O3S/c1-14-18(15(2)23(21-14)17-7-5-4-6-8-17)11-22(3)12-19(24)20-16-9-10-27(25,26)13-16/h4-8,16H,9-13H2,1-3H3,(H,20,24)/p+1/t16-/m1/s1. The van der Waals surface area contributed by atoms with Crippen molar-refractivity contribution in [3.63, 3.8) is 0 Å². The largest absolute Gasteiger partial charge is 0.347 e. The predicted molar refractivity (Wildman–Crippen MR) is 104 cm³/mol. The number of para-hydroxylation sites is 1. The van der Waals surface area contributed by atoms with Gasteiger partial charge in [0.25, 0.3) is 5.91 Å². The number of hydrogen-bond donors (Lipinski definition) is 2. The Bertz CT molecular complexity index is 922. The summed E-state index contributed by atoms with van der Waals surface area (Å²) >= 11 is 0. The number of rotatable bonds is 6. The van der Waals surface area contributed by atoms with Crippen molar-refractivity contribution in [2.45, 2.75) is 32.9 Å². The van der Waals surface area contributed by atoms with E-state index in [1.54, 1.807) is 0 Å². The number of aromatic nitrogens is 2. The molecule has 1 amide bonds. The molecule has 7 nitrogen and oxygen atoms in total. The van der Waals surface area contributed by atoms with E-state index in [0.717, 1.165) is 27.5 Å². The summed E-state index contributed by atoms with van der Waals surface area (Å²) in [7, 11) is -1.02. The van der Waals surface area contributed by atoms with Crippen molar-refractivity contribution in [2.24, 2.45) is 0 Å². The maximum atomic E-state index is 12.3. The van der Waals surface area contributed by atoms with Crippen molar-refractivity contribution in [2.75, 3.05) is 25.1 Å². The normalized spacial score (nSPS) is 19.7. The van der Waals surface area contributed by atoms with Crippen LogP contribution in [0.1, 0.15) is 23.4 Å². The van der Waals surface area contributed by atoms with Crippen LogP contribution in [0.3, 0.4) is 0 Å². The zero-order chi connectivity index (χ0) is 19.6. The van der Waals surface area contributed by atoms with E-state index in [0.29, 0.717) is 19.5 Å². The maximum absolute atomic E-state index is 12.3. The molecule has 0 bridgehead atoms. The average Bonchev–Trinajstić information content (AvgIpc) is 3.08. The van der Waals surface area contributed by atoms with Gasteiger partial charge in [-0.1, -0.05) is 18.2 Å². The second-order valence-electron chi connectivity index (χ2n) is 7.37. The lowest BCUT2D eigenvalue weighted by molar-refractivity contribution is -0.885. The number of likely N-dealkylation sites (N-methyl/N-ethyl adjacent to an activating group) is 1. The minimum Gasteiger partial charge on any atom is -0.347 e. The monoisotopic (exact) mass is 391 g/mol. The molecule has 2 N–H and O–H groups in total. The van der Waals surface area contributed by atoms with Gasteiger partial charge in [-0.15, -0.1) is 0 Å². The molecule has 8 heteroatoms. The van der Waals surface area contributed by atoms with Gasteiger partial charge in [0, 0.05) is 6.04 Å². The Morgan fingerprint density at radius 2 is 2.00 bits per heavy atom. The summed E-state index contributed by atoms with van der Waals surface area (Å²) in [5, 5.41) is 7.50. The average molecular weight is 392 g/mol. The molecule has 1 aromatic carbocycles. The molecule has 146 valence electrons. The third-order valence-corrected chi connectivity index (χ3v) is 6.75. The van der Waals surface area contributed by atoms with E-state index in [9.17, 15) is 13.2 Å². The molecule has 3 rings (SSSR count). The number of sulfone groups is 1. The smallest absolute Gasteiger partial charge is 0.275 e. The second-order valence-corrected chi connectivity index (χ2v) is 9.60. The van der Waals surface area contributed by atoms with E-state index >= 15 is 0 Å². The van der Waals surface area contributed by atoms with Crippen molar-refractivity contribution in [3.05, 3.63) is 47.3 Å². The number of nitrogens with zero attached hydrogens (tertiary/aromatic N) is 2. The first-order chi connectivity index (χ1) is 12.7. The zero-order valence-electron chi connectivity index (χ0n) is 16.0. The van der Waals surface area contributed by atoms with Gasteiger partial charge in [0.2, 0.25) is 0 Å². The number of quaternary nitrogens is 1. The SMILES string of the molecule is Cc1nn(-c2ccccc2)c(C)c1C[NH+](C)CC(=O)N[C@@H]1CCS(=O)(=O)C1. The van der Waals surface area contributed by atoms with Crippen LogP contribution in [0.15, 0.2) is 30.3 Å². The molecule has 2 atom stereocenters. The van der Waals surface area contributed by atoms with Crippen molar-refractivity contribution >= 4 is 15.7 Å². The Labute approximate surface area is 160 Å². The van der Waals surface area contributed by atoms with Crippen LogP contribution in [0.2, 0.25) is 0 Å². The van der Waals surface area contributed by atoms with Crippen LogP contribution in [0.25, 0.3) is 5.69 Å². The molecule has 1 aliphatic heterocycles. The summed E-state index contributed by atoms with van der Waals surface area (Å²) in [4.78, 5) is 13.3. The quantitative estimate of drug-likeness (QED) is 0.715. The number of nitrogens with one attached hydrogen (secondary N) is 2. The van der Waals surface area contributed by atoms with E-state index in [2.05, 4.69) is 10.4 Å². The fourth-order valence-corrected chi connectivity index (χ4v) is 5.25. The number of aryl methyl sites for hydroxylation is 1. The third-order valence-electron chi connectivity index (χ3n) is 4.98. The number of carbonyl (C=O) groups excluding carboxylic acids is 1. The predicted octanol–water partition coefficient (Wildman–Crippen LogP) is -0.193. The summed E-state index contributed by atoms with van der Waals surface area (Å²) in [6, 6.07) is 9.72. The van der Waals surface area contributed by atoms with Gasteiger partial charge < -0.3 is 10.2 Å². The van der Waals surface area contributed by atoms with Gasteiger partial charge in [-0.2, -0.15) is 5.10 Å². The number of benzene rings is 1. The summed E-state index contributed by atoms with van der Waals surface area (Å²) in [6.07, 6.45) is 0.509. The van der Waals surface area contributed by atoms with Crippen molar-refractivity contribution in [1.29, 1.82) is 0 Å². The molecule has 0 radical (unpaired) electrons. The number of hydrogen-bond acceptors (Lipinski definition) is 4. The fraction of sp³-hybridized carbons (Fsp3) is 0.474. The van der Waals surface area contributed by atoms with Gasteiger partial charge in [-0.25, -0.2) is 13.1 Å². The topological polar surface area (TPSA) is 85.5 Å². The summed E-state index contributed by atoms with van der Waals surface area (Å²) < 4.78 is 25.0. The van der Waals surface area contributed by atoms with Gasteiger partial charge in [0.05, 0.1) is 41.2 Å². The number of carbonyl (C=O) groups is 1. The molecule has 27 heavy (non-hydrogen) atoms. The van der Waals surface area contributed by atoms with Gasteiger partial charge in [0.1, 0.15) is 6.54 Å². The molecule has 2 heterocycles. The zero-order valence-corrected chi connectivity index (χ0v) is 16.8. The van der Waals surface area contributed by atoms with Gasteiger partial charge in [-0.3, -0.25) is 4.79 Å². The second kappa shape index (κ2) is 7.82. The lowest BCUT2D eigenvalue weighted by Gasteiger charge is -2.16. The van der Waals surface area contributed by atoms with E-state index in [4.69, 9.17) is 0 Å². The van der Waals surface area contributed by atoms with Crippen LogP contribution < -0.4 is 10.2 Å². The molecule has 2 aromatic rings. The first-order valence-corrected chi connectivity index (χ1v) is 11.0. The highest BCUT2D eigenvalue weighted by Gasteiger charge is 2.29. The summed E-state index contributed by atoms with van der Waals surface area (Å²) in [6.45, 7) is 5.00. The summed E-state index contributed by atoms with van der Waals surface area (Å²) in [5.74, 6) is 0.109. The maximum Gasteiger partial charge on any atom is 0.275 e. The molecule has 1 aliphatic rings. The van der Waals surface area contributed by atoms with E-state index in [1.165, 1.54) is 0 Å². The Morgan fingerprint density at radius 1 is 1.30 bits per heavy atom. The third kappa shape index (κ3) is 4.75. The van der Waals surface area contributed by atoms with Crippen molar-refractivity contribution in [1.82, 2.24) is 15.1 Å². The lowest BCUT2D eigenvalue weighted by Crippen LogP contribution is -3.09. The molecule has 1 unspecified atom stereocenters. The molecule has 1 saturated heterocycles. The molecular weight excluding hydrogens is 364 g/mol. The van der Waals surface area contributed by atoms with Crippen LogP contribution in [0.4, 0.5) is 0 Å².